The van der Waals surface area contributed by atoms with Gasteiger partial charge in [-0.1, -0.05) is 18.2 Å². The summed E-state index contributed by atoms with van der Waals surface area (Å²) in [6.45, 7) is 3.20. The van der Waals surface area contributed by atoms with Crippen LogP contribution < -0.4 is 0 Å². The van der Waals surface area contributed by atoms with Gasteiger partial charge in [-0.3, -0.25) is 4.90 Å². The molecule has 0 amide bonds. The summed E-state index contributed by atoms with van der Waals surface area (Å²) >= 11 is 0. The Hall–Kier alpha value is -1.43. The molecule has 104 valence electrons. The van der Waals surface area contributed by atoms with Crippen LogP contribution in [0.25, 0.3) is 0 Å². The molecule has 5 heteroatoms. The predicted molar refractivity (Wildman–Crippen MR) is 70.3 cm³/mol. The number of benzene rings is 1. The number of aromatic carboxylic acids is 1. The van der Waals surface area contributed by atoms with Gasteiger partial charge in [0.15, 0.2) is 0 Å². The first-order chi connectivity index (χ1) is 9.16. The average Bonchev–Trinajstić information content (AvgIpc) is 2.40. The molecule has 0 aliphatic carbocycles. The van der Waals surface area contributed by atoms with Gasteiger partial charge in [-0.05, 0) is 18.7 Å². The van der Waals surface area contributed by atoms with E-state index in [9.17, 15) is 4.79 Å². The van der Waals surface area contributed by atoms with E-state index in [0.29, 0.717) is 31.9 Å². The van der Waals surface area contributed by atoms with Crippen LogP contribution in [0.15, 0.2) is 24.3 Å². The molecule has 1 N–H and O–H groups in total. The second kappa shape index (κ2) is 6.65. The SMILES string of the molecule is CN(Cc1ccccc1C(=O)O)CC1COCCO1. The van der Waals surface area contributed by atoms with Crippen molar-refractivity contribution < 1.29 is 19.4 Å². The minimum absolute atomic E-state index is 0.0655. The van der Waals surface area contributed by atoms with E-state index in [1.165, 1.54) is 0 Å². The maximum atomic E-state index is 11.1. The first-order valence-electron chi connectivity index (χ1n) is 6.36. The van der Waals surface area contributed by atoms with Crippen LogP contribution in [-0.2, 0) is 16.0 Å². The third kappa shape index (κ3) is 4.02. The Morgan fingerprint density at radius 1 is 1.42 bits per heavy atom. The topological polar surface area (TPSA) is 59.0 Å². The molecular weight excluding hydrogens is 246 g/mol. The van der Waals surface area contributed by atoms with E-state index in [1.54, 1.807) is 12.1 Å². The number of likely N-dealkylation sites (N-methyl/N-ethyl adjacent to an activating group) is 1. The van der Waals surface area contributed by atoms with Gasteiger partial charge in [-0.2, -0.15) is 0 Å². The quantitative estimate of drug-likeness (QED) is 0.867. The van der Waals surface area contributed by atoms with Crippen LogP contribution in [-0.4, -0.2) is 55.5 Å². The fourth-order valence-electron chi connectivity index (χ4n) is 2.21. The molecule has 1 fully saturated rings. The van der Waals surface area contributed by atoms with E-state index >= 15 is 0 Å². The maximum Gasteiger partial charge on any atom is 0.336 e. The van der Waals surface area contributed by atoms with Crippen LogP contribution in [0.2, 0.25) is 0 Å². The molecule has 1 aliphatic rings. The van der Waals surface area contributed by atoms with Crippen molar-refractivity contribution in [2.75, 3.05) is 33.4 Å². The number of rotatable bonds is 5. The van der Waals surface area contributed by atoms with Crippen LogP contribution in [0.4, 0.5) is 0 Å². The molecule has 1 aromatic carbocycles. The number of carbonyl (C=O) groups is 1. The lowest BCUT2D eigenvalue weighted by molar-refractivity contribution is -0.0962. The Kier molecular flexibility index (Phi) is 4.90. The van der Waals surface area contributed by atoms with Gasteiger partial charge < -0.3 is 14.6 Å². The zero-order chi connectivity index (χ0) is 13.7. The first kappa shape index (κ1) is 14.0. The summed E-state index contributed by atoms with van der Waals surface area (Å²) in [5.74, 6) is -0.888. The van der Waals surface area contributed by atoms with Crippen molar-refractivity contribution in [3.8, 4) is 0 Å². The van der Waals surface area contributed by atoms with Gasteiger partial charge in [-0.25, -0.2) is 4.79 Å². The lowest BCUT2D eigenvalue weighted by atomic mass is 10.1. The minimum Gasteiger partial charge on any atom is -0.478 e. The minimum atomic E-state index is -0.888. The molecule has 1 saturated heterocycles. The third-order valence-corrected chi connectivity index (χ3v) is 3.09. The van der Waals surface area contributed by atoms with E-state index in [-0.39, 0.29) is 6.10 Å². The summed E-state index contributed by atoms with van der Waals surface area (Å²) in [5, 5.41) is 9.14. The monoisotopic (exact) mass is 265 g/mol. The summed E-state index contributed by atoms with van der Waals surface area (Å²) in [5.41, 5.74) is 1.17. The van der Waals surface area contributed by atoms with Gasteiger partial charge in [-0.15, -0.1) is 0 Å². The maximum absolute atomic E-state index is 11.1. The summed E-state index contributed by atoms with van der Waals surface area (Å²) < 4.78 is 10.9. The highest BCUT2D eigenvalue weighted by Crippen LogP contribution is 2.12. The first-order valence-corrected chi connectivity index (χ1v) is 6.36. The Bertz CT molecular complexity index is 429. The standard InChI is InChI=1S/C14H19NO4/c1-15(9-12-10-18-6-7-19-12)8-11-4-2-3-5-13(11)14(16)17/h2-5,12H,6-10H2,1H3,(H,16,17). The molecule has 1 unspecified atom stereocenters. The highest BCUT2D eigenvalue weighted by atomic mass is 16.6. The Balaban J connectivity index is 1.94. The second-order valence-corrected chi connectivity index (χ2v) is 4.73. The van der Waals surface area contributed by atoms with Gasteiger partial charge >= 0.3 is 5.97 Å². The molecular formula is C14H19NO4. The van der Waals surface area contributed by atoms with Crippen molar-refractivity contribution in [2.45, 2.75) is 12.6 Å². The smallest absolute Gasteiger partial charge is 0.336 e. The van der Waals surface area contributed by atoms with Crippen LogP contribution in [0.3, 0.4) is 0 Å². The summed E-state index contributed by atoms with van der Waals surface area (Å²) in [6, 6.07) is 7.07. The van der Waals surface area contributed by atoms with Gasteiger partial charge in [0.1, 0.15) is 0 Å². The summed E-state index contributed by atoms with van der Waals surface area (Å²) in [6.07, 6.45) is 0.0655. The van der Waals surface area contributed by atoms with E-state index in [0.717, 1.165) is 12.1 Å². The van der Waals surface area contributed by atoms with E-state index in [2.05, 4.69) is 4.90 Å². The van der Waals surface area contributed by atoms with Crippen molar-refractivity contribution in [3.63, 3.8) is 0 Å². The largest absolute Gasteiger partial charge is 0.478 e. The molecule has 2 rings (SSSR count). The molecule has 1 atom stereocenters. The van der Waals surface area contributed by atoms with Gasteiger partial charge in [0.2, 0.25) is 0 Å². The van der Waals surface area contributed by atoms with Crippen LogP contribution in [0.1, 0.15) is 15.9 Å². The van der Waals surface area contributed by atoms with Crippen molar-refractivity contribution in [1.82, 2.24) is 4.90 Å². The zero-order valence-corrected chi connectivity index (χ0v) is 11.0. The highest BCUT2D eigenvalue weighted by Gasteiger charge is 2.17. The molecule has 0 spiro atoms. The van der Waals surface area contributed by atoms with Crippen molar-refractivity contribution in [1.29, 1.82) is 0 Å². The predicted octanol–water partition coefficient (Wildman–Crippen LogP) is 1.23. The number of nitrogens with zero attached hydrogens (tertiary/aromatic N) is 1. The summed E-state index contributed by atoms with van der Waals surface area (Å²) in [4.78, 5) is 13.2. The van der Waals surface area contributed by atoms with Crippen LogP contribution >= 0.6 is 0 Å². The second-order valence-electron chi connectivity index (χ2n) is 4.73. The van der Waals surface area contributed by atoms with Crippen molar-refractivity contribution in [3.05, 3.63) is 35.4 Å². The molecule has 0 aromatic heterocycles. The van der Waals surface area contributed by atoms with E-state index < -0.39 is 5.97 Å². The molecule has 19 heavy (non-hydrogen) atoms. The molecule has 0 bridgehead atoms. The van der Waals surface area contributed by atoms with E-state index in [1.807, 2.05) is 19.2 Å². The fraction of sp³-hybridized carbons (Fsp3) is 0.500. The number of carboxylic acid groups (broad SMARTS) is 1. The van der Waals surface area contributed by atoms with Crippen LogP contribution in [0.5, 0.6) is 0 Å². The Morgan fingerprint density at radius 2 is 2.21 bits per heavy atom. The summed E-state index contributed by atoms with van der Waals surface area (Å²) in [7, 11) is 1.95. The average molecular weight is 265 g/mol. The fourth-order valence-corrected chi connectivity index (χ4v) is 2.21. The van der Waals surface area contributed by atoms with Crippen LogP contribution in [0, 0.1) is 0 Å². The Morgan fingerprint density at radius 3 is 2.89 bits per heavy atom. The number of ether oxygens (including phenoxy) is 2. The highest BCUT2D eigenvalue weighted by molar-refractivity contribution is 5.89. The Labute approximate surface area is 112 Å². The normalized spacial score (nSPS) is 19.6. The van der Waals surface area contributed by atoms with E-state index in [4.69, 9.17) is 14.6 Å². The molecule has 5 nitrogen and oxygen atoms in total. The molecule has 1 aliphatic heterocycles. The molecule has 1 aromatic rings. The lowest BCUT2D eigenvalue weighted by Crippen LogP contribution is -2.38. The van der Waals surface area contributed by atoms with Gasteiger partial charge in [0.05, 0.1) is 31.5 Å². The lowest BCUT2D eigenvalue weighted by Gasteiger charge is -2.27. The number of hydrogen-bond acceptors (Lipinski definition) is 4. The number of hydrogen-bond donors (Lipinski definition) is 1. The number of carboxylic acids is 1. The molecule has 0 radical (unpaired) electrons. The van der Waals surface area contributed by atoms with Crippen molar-refractivity contribution in [2.24, 2.45) is 0 Å². The zero-order valence-electron chi connectivity index (χ0n) is 11.0. The van der Waals surface area contributed by atoms with Gasteiger partial charge in [0, 0.05) is 13.1 Å². The van der Waals surface area contributed by atoms with Crippen molar-refractivity contribution >= 4 is 5.97 Å². The van der Waals surface area contributed by atoms with Gasteiger partial charge in [0.25, 0.3) is 0 Å². The third-order valence-electron chi connectivity index (χ3n) is 3.09. The molecule has 0 saturated carbocycles. The molecule has 1 heterocycles.